The van der Waals surface area contributed by atoms with Gasteiger partial charge in [-0.2, -0.15) is 0 Å². The third kappa shape index (κ3) is 2.15. The Kier molecular flexibility index (Phi) is 3.51. The highest BCUT2D eigenvalue weighted by atomic mass is 16.6. The van der Waals surface area contributed by atoms with Gasteiger partial charge in [-0.1, -0.05) is 18.2 Å². The monoisotopic (exact) mass is 401 g/mol. The number of aryl methyl sites for hydroxylation is 1. The maximum absolute atomic E-state index is 13.0. The number of carbonyl (C=O) groups excluding carboxylic acids is 2. The van der Waals surface area contributed by atoms with Crippen LogP contribution in [0.1, 0.15) is 20.7 Å². The van der Waals surface area contributed by atoms with Crippen molar-refractivity contribution in [2.75, 3.05) is 7.05 Å². The molecule has 0 fully saturated rings. The number of hydrogen-bond acceptors (Lipinski definition) is 5. The van der Waals surface area contributed by atoms with Crippen LogP contribution in [0.5, 0.6) is 5.75 Å². The summed E-state index contributed by atoms with van der Waals surface area (Å²) in [6.45, 7) is 0. The van der Waals surface area contributed by atoms with E-state index >= 15 is 0 Å². The second-order valence-electron chi connectivity index (χ2n) is 7.27. The van der Waals surface area contributed by atoms with E-state index in [-0.39, 0.29) is 33.7 Å². The fraction of sp³-hybridized carbons (Fsp3) is 0.0909. The van der Waals surface area contributed by atoms with Crippen molar-refractivity contribution < 1.29 is 19.6 Å². The number of carbonyl (C=O) groups is 2. The Bertz CT molecular complexity index is 1450. The molecule has 1 aliphatic heterocycles. The molecule has 0 spiro atoms. The normalized spacial score (nSPS) is 13.5. The fourth-order valence-electron chi connectivity index (χ4n) is 4.24. The summed E-state index contributed by atoms with van der Waals surface area (Å²) in [5.74, 6) is -1.16. The average Bonchev–Trinajstić information content (AvgIpc) is 3.15. The number of phenols is 1. The van der Waals surface area contributed by atoms with Gasteiger partial charge in [0.05, 0.1) is 21.6 Å². The zero-order valence-corrected chi connectivity index (χ0v) is 16.0. The number of nitrogens with zero attached hydrogens (tertiary/aromatic N) is 3. The summed E-state index contributed by atoms with van der Waals surface area (Å²) in [7, 11) is 3.25. The molecule has 0 saturated heterocycles. The number of aromatic nitrogens is 1. The third-order valence-corrected chi connectivity index (χ3v) is 5.72. The van der Waals surface area contributed by atoms with E-state index in [1.165, 1.54) is 25.2 Å². The first kappa shape index (κ1) is 17.9. The van der Waals surface area contributed by atoms with Gasteiger partial charge in [0.1, 0.15) is 5.75 Å². The van der Waals surface area contributed by atoms with Gasteiger partial charge in [0.15, 0.2) is 0 Å². The molecular weight excluding hydrogens is 386 g/mol. The second-order valence-corrected chi connectivity index (χ2v) is 7.27. The van der Waals surface area contributed by atoms with Crippen molar-refractivity contribution >= 4 is 39.3 Å². The number of hydrogen-bond donors (Lipinski definition) is 1. The van der Waals surface area contributed by atoms with Gasteiger partial charge in [0.25, 0.3) is 17.5 Å². The minimum Gasteiger partial charge on any atom is -0.507 e. The molecule has 0 bridgehead atoms. The van der Waals surface area contributed by atoms with Gasteiger partial charge in [-0.05, 0) is 18.2 Å². The lowest BCUT2D eigenvalue weighted by atomic mass is 9.92. The predicted octanol–water partition coefficient (Wildman–Crippen LogP) is 3.84. The van der Waals surface area contributed by atoms with Crippen LogP contribution in [-0.4, -0.2) is 38.4 Å². The number of para-hydroxylation sites is 1. The van der Waals surface area contributed by atoms with E-state index in [0.29, 0.717) is 10.9 Å². The first-order valence-corrected chi connectivity index (χ1v) is 9.15. The highest BCUT2D eigenvalue weighted by molar-refractivity contribution is 6.32. The molecule has 8 nitrogen and oxygen atoms in total. The van der Waals surface area contributed by atoms with Crippen molar-refractivity contribution in [1.82, 2.24) is 9.47 Å². The molecule has 30 heavy (non-hydrogen) atoms. The van der Waals surface area contributed by atoms with Crippen molar-refractivity contribution in [3.8, 4) is 16.9 Å². The molecule has 2 heterocycles. The zero-order valence-electron chi connectivity index (χ0n) is 16.0. The van der Waals surface area contributed by atoms with Crippen LogP contribution in [0.25, 0.3) is 32.9 Å². The van der Waals surface area contributed by atoms with Crippen LogP contribution in [-0.2, 0) is 7.05 Å². The second kappa shape index (κ2) is 5.90. The Hall–Kier alpha value is -4.20. The molecule has 148 valence electrons. The summed E-state index contributed by atoms with van der Waals surface area (Å²) in [4.78, 5) is 37.8. The standard InChI is InChI=1S/C22H15N3O5/c1-23-15-6-4-3-5-12(15)18-16(23)10-14(19-20(18)22(28)24(2)21(19)27)13-9-11(25(29)30)7-8-17(13)26/h3-10,26H,1-2H3. The van der Waals surface area contributed by atoms with Crippen LogP contribution in [0, 0.1) is 10.1 Å². The Labute approximate surface area is 169 Å². The Morgan fingerprint density at radius 3 is 2.33 bits per heavy atom. The molecule has 0 aliphatic carbocycles. The smallest absolute Gasteiger partial charge is 0.270 e. The summed E-state index contributed by atoms with van der Waals surface area (Å²) in [5.41, 5.74) is 2.15. The van der Waals surface area contributed by atoms with Crippen LogP contribution in [0.3, 0.4) is 0 Å². The molecule has 1 N–H and O–H groups in total. The molecule has 1 aromatic heterocycles. The Balaban J connectivity index is 2.00. The largest absolute Gasteiger partial charge is 0.507 e. The van der Waals surface area contributed by atoms with Gasteiger partial charge in [0.2, 0.25) is 0 Å². The Morgan fingerprint density at radius 1 is 0.900 bits per heavy atom. The van der Waals surface area contributed by atoms with E-state index in [9.17, 15) is 24.8 Å². The predicted molar refractivity (Wildman–Crippen MR) is 111 cm³/mol. The molecule has 0 unspecified atom stereocenters. The number of benzene rings is 3. The minimum atomic E-state index is -0.572. The molecule has 1 aliphatic rings. The van der Waals surface area contributed by atoms with Gasteiger partial charge >= 0.3 is 0 Å². The van der Waals surface area contributed by atoms with Crippen LogP contribution in [0.15, 0.2) is 48.5 Å². The lowest BCUT2D eigenvalue weighted by Gasteiger charge is -2.11. The van der Waals surface area contributed by atoms with Gasteiger partial charge in [-0.25, -0.2) is 0 Å². The number of nitro groups is 1. The van der Waals surface area contributed by atoms with E-state index in [2.05, 4.69) is 0 Å². The molecule has 5 rings (SSSR count). The summed E-state index contributed by atoms with van der Waals surface area (Å²) < 4.78 is 1.90. The molecule has 0 atom stereocenters. The quantitative estimate of drug-likeness (QED) is 0.312. The van der Waals surface area contributed by atoms with Gasteiger partial charge in [-0.3, -0.25) is 24.6 Å². The molecule has 4 aromatic rings. The average molecular weight is 401 g/mol. The van der Waals surface area contributed by atoms with Crippen molar-refractivity contribution in [2.45, 2.75) is 0 Å². The number of fused-ring (bicyclic) bond motifs is 5. The summed E-state index contributed by atoms with van der Waals surface area (Å²) >= 11 is 0. The first-order chi connectivity index (χ1) is 14.3. The van der Waals surface area contributed by atoms with Crippen LogP contribution in [0.2, 0.25) is 0 Å². The fourth-order valence-corrected chi connectivity index (χ4v) is 4.24. The molecule has 0 saturated carbocycles. The molecule has 3 aromatic carbocycles. The SMILES string of the molecule is CN1C(=O)c2c(-c3cc([N+](=O)[O-])ccc3O)cc3c(c2C1=O)c1ccccc1n3C. The van der Waals surface area contributed by atoms with Crippen LogP contribution >= 0.6 is 0 Å². The van der Waals surface area contributed by atoms with Crippen molar-refractivity contribution in [1.29, 1.82) is 0 Å². The number of rotatable bonds is 2. The summed E-state index contributed by atoms with van der Waals surface area (Å²) in [5, 5.41) is 23.2. The number of imide groups is 1. The number of nitro benzene ring substituents is 1. The van der Waals surface area contributed by atoms with E-state index in [1.54, 1.807) is 6.07 Å². The summed E-state index contributed by atoms with van der Waals surface area (Å²) in [6.07, 6.45) is 0. The molecule has 0 radical (unpaired) electrons. The van der Waals surface area contributed by atoms with Gasteiger partial charge in [-0.15, -0.1) is 0 Å². The summed E-state index contributed by atoms with van der Waals surface area (Å²) in [6, 6.07) is 12.9. The molecule has 8 heteroatoms. The minimum absolute atomic E-state index is 0.129. The van der Waals surface area contributed by atoms with Crippen molar-refractivity contribution in [3.63, 3.8) is 0 Å². The van der Waals surface area contributed by atoms with E-state index in [4.69, 9.17) is 0 Å². The van der Waals surface area contributed by atoms with Gasteiger partial charge < -0.3 is 9.67 Å². The van der Waals surface area contributed by atoms with E-state index < -0.39 is 16.7 Å². The number of aromatic hydroxyl groups is 1. The number of non-ortho nitro benzene ring substituents is 1. The van der Waals surface area contributed by atoms with Crippen LogP contribution in [0.4, 0.5) is 5.69 Å². The van der Waals surface area contributed by atoms with Gasteiger partial charge in [0, 0.05) is 53.6 Å². The molecular formula is C22H15N3O5. The number of amides is 2. The third-order valence-electron chi connectivity index (χ3n) is 5.72. The van der Waals surface area contributed by atoms with Crippen molar-refractivity contribution in [3.05, 3.63) is 69.8 Å². The highest BCUT2D eigenvalue weighted by Crippen LogP contribution is 2.44. The topological polar surface area (TPSA) is 106 Å². The van der Waals surface area contributed by atoms with Crippen LogP contribution < -0.4 is 0 Å². The zero-order chi connectivity index (χ0) is 21.3. The van der Waals surface area contributed by atoms with Crippen molar-refractivity contribution in [2.24, 2.45) is 7.05 Å². The Morgan fingerprint density at radius 2 is 1.60 bits per heavy atom. The lowest BCUT2D eigenvalue weighted by Crippen LogP contribution is -2.24. The first-order valence-electron chi connectivity index (χ1n) is 9.15. The molecule has 2 amide bonds. The number of phenolic OH excluding ortho intramolecular Hbond substituents is 1. The maximum atomic E-state index is 13.0. The lowest BCUT2D eigenvalue weighted by molar-refractivity contribution is -0.384. The maximum Gasteiger partial charge on any atom is 0.270 e. The van der Waals surface area contributed by atoms with E-state index in [1.807, 2.05) is 35.9 Å². The highest BCUT2D eigenvalue weighted by Gasteiger charge is 2.39. The van der Waals surface area contributed by atoms with E-state index in [0.717, 1.165) is 15.8 Å².